The number of anilines is 5. The first-order chi connectivity index (χ1) is 19.7. The summed E-state index contributed by atoms with van der Waals surface area (Å²) in [7, 11) is 2.87. The van der Waals surface area contributed by atoms with E-state index < -0.39 is 11.0 Å². The van der Waals surface area contributed by atoms with Crippen molar-refractivity contribution in [3.05, 3.63) is 92.1 Å². The molecular weight excluding hydrogens is 573 g/mol. The third kappa shape index (κ3) is 5.34. The summed E-state index contributed by atoms with van der Waals surface area (Å²) in [4.78, 5) is 36.9. The Hall–Kier alpha value is -4.81. The fourth-order valence-electron chi connectivity index (χ4n) is 4.39. The average Bonchev–Trinajstić information content (AvgIpc) is 2.97. The number of para-hydroxylation sites is 2. The molecule has 3 N–H and O–H groups in total. The Morgan fingerprint density at radius 3 is 2.44 bits per heavy atom. The Kier molecular flexibility index (Phi) is 7.68. The number of halogens is 2. The lowest BCUT2D eigenvalue weighted by molar-refractivity contribution is -0.384. The third-order valence-electron chi connectivity index (χ3n) is 6.38. The van der Waals surface area contributed by atoms with Crippen LogP contribution < -0.4 is 30.3 Å². The summed E-state index contributed by atoms with van der Waals surface area (Å²) in [5, 5.41) is 14.7. The highest BCUT2D eigenvalue weighted by Crippen LogP contribution is 2.48. The highest BCUT2D eigenvalue weighted by molar-refractivity contribution is 6.42. The molecule has 0 aliphatic carbocycles. The van der Waals surface area contributed by atoms with Gasteiger partial charge in [-0.3, -0.25) is 19.9 Å². The smallest absolute Gasteiger partial charge is 0.330 e. The maximum absolute atomic E-state index is 14.2. The van der Waals surface area contributed by atoms with Crippen molar-refractivity contribution < 1.29 is 19.2 Å². The molecule has 0 radical (unpaired) electrons. The number of fused-ring (bicyclic) bond motifs is 1. The second-order valence-corrected chi connectivity index (χ2v) is 9.65. The van der Waals surface area contributed by atoms with Gasteiger partial charge in [-0.2, -0.15) is 4.98 Å². The number of ether oxygens (including phenoxy) is 2. The number of methoxy groups -OCH3 is 2. The summed E-state index contributed by atoms with van der Waals surface area (Å²) >= 11 is 13.3. The van der Waals surface area contributed by atoms with E-state index in [9.17, 15) is 14.9 Å². The second-order valence-electron chi connectivity index (χ2n) is 8.89. The summed E-state index contributed by atoms with van der Waals surface area (Å²) in [6.07, 6.45) is 1.57. The Bertz CT molecular complexity index is 1640. The number of urea groups is 1. The number of nitrogens with one attached hydrogen (secondary N) is 1. The standard InChI is InChI=1S/C27H23Cl2N7O5/c1-40-20-11-21(41-2)23(29)24(22(20)28)34-14-16-12-31-26(32-19-9-4-3-8-18(19)30)33-25(16)35(27(34)37)13-15-6-5-7-17(10-15)36(38)39/h3-12H,13-14,30H2,1-2H3,(H,31,32,33). The van der Waals surface area contributed by atoms with Crippen molar-refractivity contribution in [2.75, 3.05) is 35.1 Å². The molecule has 0 spiro atoms. The van der Waals surface area contributed by atoms with E-state index in [4.69, 9.17) is 38.4 Å². The first kappa shape index (κ1) is 27.7. The van der Waals surface area contributed by atoms with E-state index >= 15 is 0 Å². The SMILES string of the molecule is COc1cc(OC)c(Cl)c(N2Cc3cnc(Nc4ccccc4N)nc3N(Cc3cccc([N+](=O)[O-])c3)C2=O)c1Cl. The predicted octanol–water partition coefficient (Wildman–Crippen LogP) is 6.18. The Labute approximate surface area is 244 Å². The zero-order chi connectivity index (χ0) is 29.3. The van der Waals surface area contributed by atoms with Gasteiger partial charge in [0.15, 0.2) is 0 Å². The fourth-order valence-corrected chi connectivity index (χ4v) is 5.09. The van der Waals surface area contributed by atoms with Crippen LogP contribution in [0, 0.1) is 10.1 Å². The summed E-state index contributed by atoms with van der Waals surface area (Å²) in [5.41, 5.74) is 8.26. The first-order valence-corrected chi connectivity index (χ1v) is 12.9. The molecule has 0 saturated carbocycles. The lowest BCUT2D eigenvalue weighted by Gasteiger charge is -2.37. The van der Waals surface area contributed by atoms with Gasteiger partial charge in [0.05, 0.1) is 49.3 Å². The van der Waals surface area contributed by atoms with Crippen LogP contribution in [0.15, 0.2) is 60.8 Å². The van der Waals surface area contributed by atoms with Crippen LogP contribution in [-0.2, 0) is 13.1 Å². The highest BCUT2D eigenvalue weighted by Gasteiger charge is 2.37. The van der Waals surface area contributed by atoms with Crippen molar-refractivity contribution in [2.45, 2.75) is 13.1 Å². The van der Waals surface area contributed by atoms with E-state index in [1.165, 1.54) is 42.2 Å². The maximum Gasteiger partial charge on any atom is 0.330 e. The minimum Gasteiger partial charge on any atom is -0.495 e. The van der Waals surface area contributed by atoms with E-state index in [2.05, 4.69) is 15.3 Å². The van der Waals surface area contributed by atoms with Gasteiger partial charge in [0.1, 0.15) is 27.4 Å². The van der Waals surface area contributed by atoms with Gasteiger partial charge in [-0.25, -0.2) is 9.78 Å². The summed E-state index contributed by atoms with van der Waals surface area (Å²) in [6, 6.07) is 14.1. The van der Waals surface area contributed by atoms with Crippen LogP contribution in [-0.4, -0.2) is 35.1 Å². The number of benzene rings is 3. The molecule has 1 aromatic heterocycles. The van der Waals surface area contributed by atoms with E-state index in [1.807, 2.05) is 6.07 Å². The molecule has 5 rings (SSSR count). The minimum atomic E-state index is -0.535. The number of hydrogen-bond acceptors (Lipinski definition) is 9. The van der Waals surface area contributed by atoms with Gasteiger partial charge in [0.2, 0.25) is 5.95 Å². The number of amides is 2. The highest BCUT2D eigenvalue weighted by atomic mass is 35.5. The Morgan fingerprint density at radius 2 is 1.78 bits per heavy atom. The van der Waals surface area contributed by atoms with Crippen LogP contribution in [0.4, 0.5) is 39.3 Å². The summed E-state index contributed by atoms with van der Waals surface area (Å²) in [6.45, 7) is -0.0343. The van der Waals surface area contributed by atoms with E-state index in [1.54, 1.807) is 36.5 Å². The van der Waals surface area contributed by atoms with Crippen LogP contribution in [0.2, 0.25) is 10.0 Å². The van der Waals surface area contributed by atoms with Crippen LogP contribution in [0.25, 0.3) is 0 Å². The summed E-state index contributed by atoms with van der Waals surface area (Å²) < 4.78 is 10.8. The molecule has 2 heterocycles. The lowest BCUT2D eigenvalue weighted by atomic mass is 10.1. The number of nitro groups is 1. The quantitative estimate of drug-likeness (QED) is 0.138. The number of carbonyl (C=O) groups excluding carboxylic acids is 1. The van der Waals surface area contributed by atoms with Gasteiger partial charge in [0, 0.05) is 30.0 Å². The first-order valence-electron chi connectivity index (χ1n) is 12.1. The number of hydrogen-bond donors (Lipinski definition) is 2. The molecule has 0 atom stereocenters. The monoisotopic (exact) mass is 595 g/mol. The molecule has 12 nitrogen and oxygen atoms in total. The number of nitrogens with zero attached hydrogens (tertiary/aromatic N) is 5. The maximum atomic E-state index is 14.2. The van der Waals surface area contributed by atoms with Gasteiger partial charge in [-0.1, -0.05) is 47.5 Å². The fraction of sp³-hybridized carbons (Fsp3) is 0.148. The number of carbonyl (C=O) groups is 1. The summed E-state index contributed by atoms with van der Waals surface area (Å²) in [5.74, 6) is 1.00. The third-order valence-corrected chi connectivity index (χ3v) is 7.11. The van der Waals surface area contributed by atoms with E-state index in [0.29, 0.717) is 28.3 Å². The molecular formula is C27H23Cl2N7O5. The zero-order valence-electron chi connectivity index (χ0n) is 21.8. The Balaban J connectivity index is 1.62. The molecule has 1 aliphatic rings. The molecule has 0 bridgehead atoms. The van der Waals surface area contributed by atoms with Crippen molar-refractivity contribution in [3.63, 3.8) is 0 Å². The lowest BCUT2D eigenvalue weighted by Crippen LogP contribution is -2.48. The molecule has 41 heavy (non-hydrogen) atoms. The van der Waals surface area contributed by atoms with Gasteiger partial charge >= 0.3 is 6.03 Å². The number of nitro benzene ring substituents is 1. The molecule has 0 saturated heterocycles. The van der Waals surface area contributed by atoms with E-state index in [0.717, 1.165) is 0 Å². The van der Waals surface area contributed by atoms with Gasteiger partial charge < -0.3 is 20.5 Å². The largest absolute Gasteiger partial charge is 0.495 e. The normalized spacial score (nSPS) is 12.6. The Morgan fingerprint density at radius 1 is 1.07 bits per heavy atom. The molecule has 14 heteroatoms. The van der Waals surface area contributed by atoms with Crippen molar-refractivity contribution in [3.8, 4) is 11.5 Å². The van der Waals surface area contributed by atoms with Crippen LogP contribution >= 0.6 is 23.2 Å². The van der Waals surface area contributed by atoms with Gasteiger partial charge in [-0.15, -0.1) is 0 Å². The van der Waals surface area contributed by atoms with E-state index in [-0.39, 0.29) is 52.0 Å². The van der Waals surface area contributed by atoms with Crippen LogP contribution in [0.5, 0.6) is 11.5 Å². The number of aromatic nitrogens is 2. The molecule has 210 valence electrons. The predicted molar refractivity (Wildman–Crippen MR) is 157 cm³/mol. The van der Waals surface area contributed by atoms with Crippen molar-refractivity contribution in [2.24, 2.45) is 0 Å². The van der Waals surface area contributed by atoms with Crippen molar-refractivity contribution in [1.82, 2.24) is 9.97 Å². The molecule has 0 fully saturated rings. The van der Waals surface area contributed by atoms with Crippen LogP contribution in [0.3, 0.4) is 0 Å². The number of non-ortho nitro benzene ring substituents is 1. The molecule has 0 unspecified atom stereocenters. The molecule has 1 aliphatic heterocycles. The zero-order valence-corrected chi connectivity index (χ0v) is 23.3. The average molecular weight is 596 g/mol. The minimum absolute atomic E-state index is 0.0170. The van der Waals surface area contributed by atoms with Gasteiger partial charge in [0.25, 0.3) is 5.69 Å². The van der Waals surface area contributed by atoms with Crippen molar-refractivity contribution >= 4 is 63.7 Å². The van der Waals surface area contributed by atoms with Gasteiger partial charge in [-0.05, 0) is 17.7 Å². The molecule has 4 aromatic rings. The second kappa shape index (κ2) is 11.4. The molecule has 3 aromatic carbocycles. The topological polar surface area (TPSA) is 149 Å². The van der Waals surface area contributed by atoms with Crippen LogP contribution in [0.1, 0.15) is 11.1 Å². The number of nitrogen functional groups attached to an aromatic ring is 1. The molecule has 2 amide bonds. The van der Waals surface area contributed by atoms with Crippen molar-refractivity contribution in [1.29, 1.82) is 0 Å². The number of nitrogens with two attached hydrogens (primary N) is 1. The number of rotatable bonds is 8.